The zero-order valence-electron chi connectivity index (χ0n) is 19.4. The zero-order valence-corrected chi connectivity index (χ0v) is 19.4. The van der Waals surface area contributed by atoms with Gasteiger partial charge in [-0.05, 0) is 48.9 Å². The number of para-hydroxylation sites is 1. The van der Waals surface area contributed by atoms with Crippen molar-refractivity contribution in [2.75, 3.05) is 5.32 Å². The van der Waals surface area contributed by atoms with Gasteiger partial charge in [0.15, 0.2) is 5.82 Å². The molecule has 0 fully saturated rings. The maximum atomic E-state index is 13.2. The van der Waals surface area contributed by atoms with E-state index in [-0.39, 0.29) is 29.2 Å². The molecule has 0 saturated carbocycles. The van der Waals surface area contributed by atoms with Gasteiger partial charge in [-0.25, -0.2) is 0 Å². The molecule has 3 heterocycles. The molecule has 0 unspecified atom stereocenters. The summed E-state index contributed by atoms with van der Waals surface area (Å²) in [4.78, 5) is 44.4. The Hall–Kier alpha value is -4.53. The van der Waals surface area contributed by atoms with Gasteiger partial charge in [0, 0.05) is 11.5 Å². The van der Waals surface area contributed by atoms with Gasteiger partial charge in [0.2, 0.25) is 0 Å². The predicted molar refractivity (Wildman–Crippen MR) is 126 cm³/mol. The van der Waals surface area contributed by atoms with Gasteiger partial charge in [0.1, 0.15) is 5.76 Å². The Morgan fingerprint density at radius 1 is 1.03 bits per heavy atom. The lowest BCUT2D eigenvalue weighted by molar-refractivity contribution is 0.0631. The third kappa shape index (κ3) is 4.01. The van der Waals surface area contributed by atoms with Gasteiger partial charge < -0.3 is 14.3 Å². The molecule has 0 aliphatic carbocycles. The van der Waals surface area contributed by atoms with Crippen LogP contribution in [0.1, 0.15) is 68.0 Å². The topological polar surface area (TPSA) is 119 Å². The van der Waals surface area contributed by atoms with E-state index in [1.54, 1.807) is 18.2 Å². The number of imide groups is 1. The highest BCUT2D eigenvalue weighted by atomic mass is 16.5. The minimum Gasteiger partial charge on any atom is -0.467 e. The quantitative estimate of drug-likeness (QED) is 0.402. The molecule has 1 aliphatic heterocycles. The highest BCUT2D eigenvalue weighted by Crippen LogP contribution is 2.32. The molecule has 1 aliphatic rings. The molecule has 35 heavy (non-hydrogen) atoms. The van der Waals surface area contributed by atoms with Gasteiger partial charge in [-0.2, -0.15) is 4.98 Å². The first-order valence-electron chi connectivity index (χ1n) is 11.1. The molecule has 1 N–H and O–H groups in total. The van der Waals surface area contributed by atoms with Crippen molar-refractivity contribution < 1.29 is 23.3 Å². The third-order valence-corrected chi connectivity index (χ3v) is 5.83. The molecule has 3 amide bonds. The second-order valence-corrected chi connectivity index (χ2v) is 8.60. The SMILES string of the molecule is Cc1cccc(-c2nc(C(C)C)no2)c1NC(=O)c1ccc2c(c1)C(=O)N(Cc1ccco1)C2=O. The molecule has 0 saturated heterocycles. The lowest BCUT2D eigenvalue weighted by atomic mass is 10.0. The van der Waals surface area contributed by atoms with Crippen molar-refractivity contribution in [3.05, 3.63) is 88.6 Å². The summed E-state index contributed by atoms with van der Waals surface area (Å²) >= 11 is 0. The number of furan rings is 1. The first-order chi connectivity index (χ1) is 16.8. The number of rotatable bonds is 6. The van der Waals surface area contributed by atoms with Gasteiger partial charge in [-0.15, -0.1) is 0 Å². The third-order valence-electron chi connectivity index (χ3n) is 5.83. The van der Waals surface area contributed by atoms with Crippen LogP contribution in [0.5, 0.6) is 0 Å². The van der Waals surface area contributed by atoms with E-state index in [1.165, 1.54) is 24.5 Å². The second kappa shape index (κ2) is 8.68. The monoisotopic (exact) mass is 470 g/mol. The number of amides is 3. The molecule has 176 valence electrons. The van der Waals surface area contributed by atoms with Crippen LogP contribution >= 0.6 is 0 Å². The fraction of sp³-hybridized carbons (Fsp3) is 0.192. The van der Waals surface area contributed by atoms with Crippen LogP contribution in [0.2, 0.25) is 0 Å². The van der Waals surface area contributed by atoms with Gasteiger partial charge in [0.05, 0.1) is 35.2 Å². The van der Waals surface area contributed by atoms with Gasteiger partial charge in [0.25, 0.3) is 23.6 Å². The maximum Gasteiger partial charge on any atom is 0.261 e. The molecular weight excluding hydrogens is 448 g/mol. The molecule has 5 rings (SSSR count). The van der Waals surface area contributed by atoms with Crippen LogP contribution in [0.15, 0.2) is 63.7 Å². The number of hydrogen-bond donors (Lipinski definition) is 1. The molecule has 0 radical (unpaired) electrons. The van der Waals surface area contributed by atoms with Crippen molar-refractivity contribution in [1.29, 1.82) is 0 Å². The van der Waals surface area contributed by atoms with Crippen molar-refractivity contribution >= 4 is 23.4 Å². The van der Waals surface area contributed by atoms with Gasteiger partial charge >= 0.3 is 0 Å². The standard InChI is InChI=1S/C26H22N4O5/c1-14(2)22-28-24(35-29-22)19-8-4-6-15(3)21(19)27-23(31)16-9-10-18-20(12-16)26(33)30(25(18)32)13-17-7-5-11-34-17/h4-12,14H,13H2,1-3H3,(H,27,31). The summed E-state index contributed by atoms with van der Waals surface area (Å²) in [7, 11) is 0. The van der Waals surface area contributed by atoms with Crippen molar-refractivity contribution in [3.8, 4) is 11.5 Å². The number of nitrogens with zero attached hydrogens (tertiary/aromatic N) is 3. The van der Waals surface area contributed by atoms with Crippen LogP contribution in [0.3, 0.4) is 0 Å². The largest absolute Gasteiger partial charge is 0.467 e. The molecule has 0 spiro atoms. The normalized spacial score (nSPS) is 13.0. The first-order valence-corrected chi connectivity index (χ1v) is 11.1. The molecule has 9 nitrogen and oxygen atoms in total. The number of anilines is 1. The summed E-state index contributed by atoms with van der Waals surface area (Å²) in [5.41, 5.74) is 2.59. The Balaban J connectivity index is 1.42. The van der Waals surface area contributed by atoms with Gasteiger partial charge in [-0.1, -0.05) is 31.1 Å². The second-order valence-electron chi connectivity index (χ2n) is 8.60. The van der Waals surface area contributed by atoms with E-state index in [1.807, 2.05) is 32.9 Å². The molecular formula is C26H22N4O5. The van der Waals surface area contributed by atoms with Crippen LogP contribution in [-0.4, -0.2) is 32.8 Å². The zero-order chi connectivity index (χ0) is 24.7. The number of benzene rings is 2. The summed E-state index contributed by atoms with van der Waals surface area (Å²) in [6.07, 6.45) is 1.48. The Bertz CT molecular complexity index is 1450. The summed E-state index contributed by atoms with van der Waals surface area (Å²) in [5, 5.41) is 6.91. The fourth-order valence-corrected chi connectivity index (χ4v) is 3.91. The molecule has 9 heteroatoms. The number of carbonyl (C=O) groups is 3. The van der Waals surface area contributed by atoms with Crippen molar-refractivity contribution in [2.24, 2.45) is 0 Å². The average molecular weight is 470 g/mol. The Morgan fingerprint density at radius 3 is 2.54 bits per heavy atom. The number of aryl methyl sites for hydroxylation is 1. The van der Waals surface area contributed by atoms with E-state index in [4.69, 9.17) is 8.94 Å². The Labute approximate surface area is 200 Å². The minimum absolute atomic E-state index is 0.0238. The highest BCUT2D eigenvalue weighted by molar-refractivity contribution is 6.22. The summed E-state index contributed by atoms with van der Waals surface area (Å²) in [6.45, 7) is 5.80. The number of aromatic nitrogens is 2. The maximum absolute atomic E-state index is 13.2. The lowest BCUT2D eigenvalue weighted by Crippen LogP contribution is -2.28. The van der Waals surface area contributed by atoms with Crippen molar-refractivity contribution in [2.45, 2.75) is 33.2 Å². The molecule has 4 aromatic rings. The number of hydrogen-bond acceptors (Lipinski definition) is 7. The van der Waals surface area contributed by atoms with E-state index >= 15 is 0 Å². The molecule has 2 aromatic carbocycles. The lowest BCUT2D eigenvalue weighted by Gasteiger charge is -2.12. The Morgan fingerprint density at radius 2 is 1.83 bits per heavy atom. The highest BCUT2D eigenvalue weighted by Gasteiger charge is 2.36. The number of nitrogens with one attached hydrogen (secondary N) is 1. The summed E-state index contributed by atoms with van der Waals surface area (Å²) in [5.74, 6) is 0.125. The molecule has 0 atom stereocenters. The summed E-state index contributed by atoms with van der Waals surface area (Å²) in [6, 6.07) is 13.3. The van der Waals surface area contributed by atoms with Crippen LogP contribution in [0.4, 0.5) is 5.69 Å². The van der Waals surface area contributed by atoms with E-state index in [9.17, 15) is 14.4 Å². The summed E-state index contributed by atoms with van der Waals surface area (Å²) < 4.78 is 10.7. The average Bonchev–Trinajstić information content (AvgIpc) is 3.58. The van der Waals surface area contributed by atoms with E-state index < -0.39 is 17.7 Å². The van der Waals surface area contributed by atoms with Crippen LogP contribution < -0.4 is 5.32 Å². The van der Waals surface area contributed by atoms with Crippen molar-refractivity contribution in [1.82, 2.24) is 15.0 Å². The van der Waals surface area contributed by atoms with Gasteiger partial charge in [-0.3, -0.25) is 19.3 Å². The van der Waals surface area contributed by atoms with Crippen LogP contribution in [0, 0.1) is 6.92 Å². The van der Waals surface area contributed by atoms with E-state index in [0.29, 0.717) is 28.7 Å². The first kappa shape index (κ1) is 22.3. The smallest absolute Gasteiger partial charge is 0.261 e. The minimum atomic E-state index is -0.472. The fourth-order valence-electron chi connectivity index (χ4n) is 3.91. The van der Waals surface area contributed by atoms with Crippen LogP contribution in [0.25, 0.3) is 11.5 Å². The number of carbonyl (C=O) groups excluding carboxylic acids is 3. The number of fused-ring (bicyclic) bond motifs is 1. The van der Waals surface area contributed by atoms with Crippen molar-refractivity contribution in [3.63, 3.8) is 0 Å². The molecule has 0 bridgehead atoms. The predicted octanol–water partition coefficient (Wildman–Crippen LogP) is 4.81. The molecule has 2 aromatic heterocycles. The Kier molecular flexibility index (Phi) is 5.52. The van der Waals surface area contributed by atoms with Crippen LogP contribution in [-0.2, 0) is 6.54 Å². The van der Waals surface area contributed by atoms with E-state index in [2.05, 4.69) is 15.5 Å². The van der Waals surface area contributed by atoms with E-state index in [0.717, 1.165) is 10.5 Å².